The highest BCUT2D eigenvalue weighted by atomic mass is 79.9. The Kier molecular flexibility index (Phi) is 2.83. The van der Waals surface area contributed by atoms with E-state index in [1.54, 1.807) is 6.07 Å². The number of benzene rings is 1. The summed E-state index contributed by atoms with van der Waals surface area (Å²) in [5, 5.41) is 3.42. The monoisotopic (exact) mass is 285 g/mol. The van der Waals surface area contributed by atoms with Gasteiger partial charge in [-0.15, -0.1) is 0 Å². The Morgan fingerprint density at radius 3 is 2.93 bits per heavy atom. The van der Waals surface area contributed by atoms with E-state index in [1.165, 1.54) is 0 Å². The molecule has 2 aromatic rings. The molecule has 1 N–H and O–H groups in total. The third kappa shape index (κ3) is 2.08. The molecule has 0 saturated carbocycles. The van der Waals surface area contributed by atoms with Gasteiger partial charge in [0, 0.05) is 9.86 Å². The molecule has 0 unspecified atom stereocenters. The molecule has 0 aliphatic heterocycles. The predicted octanol–water partition coefficient (Wildman–Crippen LogP) is 2.61. The average Bonchev–Trinajstić information content (AvgIpc) is 2.17. The van der Waals surface area contributed by atoms with Crippen molar-refractivity contribution in [2.45, 2.75) is 0 Å². The molecule has 0 atom stereocenters. The molecule has 1 aromatic carbocycles. The molecule has 0 spiro atoms. The first-order valence-electron chi connectivity index (χ1n) is 4.03. The van der Waals surface area contributed by atoms with E-state index in [4.69, 9.17) is 11.6 Å². The maximum Gasteiger partial charge on any atom is 0.231 e. The van der Waals surface area contributed by atoms with Crippen LogP contribution in [0.2, 0.25) is 5.15 Å². The maximum atomic E-state index is 10.2. The average molecular weight is 287 g/mol. The van der Waals surface area contributed by atoms with Crippen LogP contribution in [0.1, 0.15) is 0 Å². The van der Waals surface area contributed by atoms with E-state index in [-0.39, 0.29) is 5.95 Å². The Labute approximate surface area is 98.8 Å². The summed E-state index contributed by atoms with van der Waals surface area (Å²) in [5.74, 6) is 0.195. The molecule has 15 heavy (non-hydrogen) atoms. The second-order valence-electron chi connectivity index (χ2n) is 2.76. The molecular formula is C9H5BrClN3O. The van der Waals surface area contributed by atoms with Crippen LogP contribution in [0, 0.1) is 0 Å². The molecule has 0 aliphatic rings. The van der Waals surface area contributed by atoms with Gasteiger partial charge in [0.05, 0.1) is 5.52 Å². The van der Waals surface area contributed by atoms with Gasteiger partial charge in [0.1, 0.15) is 5.15 Å². The van der Waals surface area contributed by atoms with Crippen LogP contribution in [0.3, 0.4) is 0 Å². The zero-order valence-electron chi connectivity index (χ0n) is 7.37. The number of aromatic nitrogens is 2. The Hall–Kier alpha value is -1.20. The highest BCUT2D eigenvalue weighted by Gasteiger charge is 2.05. The van der Waals surface area contributed by atoms with Crippen molar-refractivity contribution in [2.24, 2.45) is 0 Å². The lowest BCUT2D eigenvalue weighted by Gasteiger charge is -2.02. The largest absolute Gasteiger partial charge is 0.297 e. The summed E-state index contributed by atoms with van der Waals surface area (Å²) in [7, 11) is 0. The second-order valence-corrected chi connectivity index (χ2v) is 4.04. The van der Waals surface area contributed by atoms with E-state index in [0.29, 0.717) is 17.1 Å². The number of rotatable bonds is 2. The van der Waals surface area contributed by atoms with E-state index >= 15 is 0 Å². The minimum absolute atomic E-state index is 0.195. The summed E-state index contributed by atoms with van der Waals surface area (Å²) in [4.78, 5) is 18.3. The smallest absolute Gasteiger partial charge is 0.231 e. The van der Waals surface area contributed by atoms with Crippen molar-refractivity contribution in [2.75, 3.05) is 5.32 Å². The van der Waals surface area contributed by atoms with Crippen LogP contribution in [0.4, 0.5) is 5.95 Å². The molecule has 1 heterocycles. The van der Waals surface area contributed by atoms with Crippen molar-refractivity contribution < 1.29 is 4.79 Å². The van der Waals surface area contributed by atoms with Gasteiger partial charge in [-0.05, 0) is 18.2 Å². The lowest BCUT2D eigenvalue weighted by atomic mass is 10.2. The minimum atomic E-state index is 0.195. The molecule has 76 valence electrons. The summed E-state index contributed by atoms with van der Waals surface area (Å²) in [5.41, 5.74) is 0.675. The number of hydrogen-bond acceptors (Lipinski definition) is 3. The quantitative estimate of drug-likeness (QED) is 0.682. The van der Waals surface area contributed by atoms with E-state index < -0.39 is 0 Å². The first-order valence-corrected chi connectivity index (χ1v) is 5.21. The van der Waals surface area contributed by atoms with E-state index in [0.717, 1.165) is 9.86 Å². The summed E-state index contributed by atoms with van der Waals surface area (Å²) >= 11 is 9.25. The van der Waals surface area contributed by atoms with E-state index in [2.05, 4.69) is 31.2 Å². The van der Waals surface area contributed by atoms with E-state index in [1.807, 2.05) is 12.1 Å². The second kappa shape index (κ2) is 4.12. The number of nitrogens with one attached hydrogen (secondary N) is 1. The summed E-state index contributed by atoms with van der Waals surface area (Å²) in [6.45, 7) is 0. The lowest BCUT2D eigenvalue weighted by Crippen LogP contribution is -2.00. The van der Waals surface area contributed by atoms with Gasteiger partial charge in [-0.2, -0.15) is 0 Å². The molecule has 6 heteroatoms. The zero-order valence-corrected chi connectivity index (χ0v) is 9.71. The number of amides is 1. The van der Waals surface area contributed by atoms with Gasteiger partial charge in [0.15, 0.2) is 0 Å². The van der Waals surface area contributed by atoms with Crippen LogP contribution in [0.25, 0.3) is 10.9 Å². The molecule has 1 amide bonds. The SMILES string of the molecule is O=CNc1nc(Cl)c2ccc(Br)cc2n1. The number of fused-ring (bicyclic) bond motifs is 1. The van der Waals surface area contributed by atoms with Crippen LogP contribution in [0.15, 0.2) is 22.7 Å². The standard InChI is InChI=1S/C9H5BrClN3O/c10-5-1-2-6-7(3-5)13-9(12-4-15)14-8(6)11/h1-4H,(H,12,13,14,15). The third-order valence-corrected chi connectivity index (χ3v) is 2.58. The molecule has 1 aromatic heterocycles. The molecule has 0 fully saturated rings. The van der Waals surface area contributed by atoms with Crippen molar-refractivity contribution in [1.82, 2.24) is 9.97 Å². The van der Waals surface area contributed by atoms with Gasteiger partial charge in [-0.1, -0.05) is 27.5 Å². The van der Waals surface area contributed by atoms with Gasteiger partial charge in [-0.3, -0.25) is 10.1 Å². The number of carbonyl (C=O) groups is 1. The van der Waals surface area contributed by atoms with Crippen molar-refractivity contribution in [3.05, 3.63) is 27.8 Å². The number of carbonyl (C=O) groups excluding carboxylic acids is 1. The molecule has 2 rings (SSSR count). The molecule has 0 saturated heterocycles. The molecule has 0 radical (unpaired) electrons. The fraction of sp³-hybridized carbons (Fsp3) is 0. The molecule has 0 aliphatic carbocycles. The summed E-state index contributed by atoms with van der Waals surface area (Å²) in [6, 6.07) is 5.47. The van der Waals surface area contributed by atoms with Crippen LogP contribution >= 0.6 is 27.5 Å². The van der Waals surface area contributed by atoms with E-state index in [9.17, 15) is 4.79 Å². The number of anilines is 1. The van der Waals surface area contributed by atoms with Crippen molar-refractivity contribution in [3.63, 3.8) is 0 Å². The molecule has 4 nitrogen and oxygen atoms in total. The maximum absolute atomic E-state index is 10.2. The van der Waals surface area contributed by atoms with Crippen molar-refractivity contribution in [1.29, 1.82) is 0 Å². The fourth-order valence-electron chi connectivity index (χ4n) is 1.18. The number of hydrogen-bond donors (Lipinski definition) is 1. The fourth-order valence-corrected chi connectivity index (χ4v) is 1.77. The number of nitrogens with zero attached hydrogens (tertiary/aromatic N) is 2. The number of halogens is 2. The minimum Gasteiger partial charge on any atom is -0.297 e. The predicted molar refractivity (Wildman–Crippen MR) is 61.9 cm³/mol. The Bertz CT molecular complexity index is 532. The Balaban J connectivity index is 2.67. The van der Waals surface area contributed by atoms with Gasteiger partial charge >= 0.3 is 0 Å². The Morgan fingerprint density at radius 1 is 1.40 bits per heavy atom. The highest BCUT2D eigenvalue weighted by molar-refractivity contribution is 9.10. The highest BCUT2D eigenvalue weighted by Crippen LogP contribution is 2.24. The van der Waals surface area contributed by atoms with Crippen LogP contribution in [0.5, 0.6) is 0 Å². The Morgan fingerprint density at radius 2 is 2.20 bits per heavy atom. The zero-order chi connectivity index (χ0) is 10.8. The van der Waals surface area contributed by atoms with Crippen LogP contribution < -0.4 is 5.32 Å². The first-order chi connectivity index (χ1) is 7.20. The van der Waals surface area contributed by atoms with Gasteiger partial charge in [0.25, 0.3) is 0 Å². The van der Waals surface area contributed by atoms with Gasteiger partial charge < -0.3 is 0 Å². The van der Waals surface area contributed by atoms with Crippen LogP contribution in [-0.2, 0) is 4.79 Å². The van der Waals surface area contributed by atoms with Crippen molar-refractivity contribution in [3.8, 4) is 0 Å². The van der Waals surface area contributed by atoms with Crippen LogP contribution in [-0.4, -0.2) is 16.4 Å². The summed E-state index contributed by atoms with van der Waals surface area (Å²) < 4.78 is 0.891. The molecule has 0 bridgehead atoms. The summed E-state index contributed by atoms with van der Waals surface area (Å²) in [6.07, 6.45) is 0.509. The first kappa shape index (κ1) is 10.3. The van der Waals surface area contributed by atoms with Gasteiger partial charge in [0.2, 0.25) is 12.4 Å². The topological polar surface area (TPSA) is 54.9 Å². The third-order valence-electron chi connectivity index (χ3n) is 1.80. The van der Waals surface area contributed by atoms with Crippen molar-refractivity contribution >= 4 is 50.8 Å². The normalized spacial score (nSPS) is 10.3. The lowest BCUT2D eigenvalue weighted by molar-refractivity contribution is -0.105. The molecular weight excluding hydrogens is 281 g/mol. The van der Waals surface area contributed by atoms with Gasteiger partial charge in [-0.25, -0.2) is 9.97 Å².